The molecule has 0 aromatic heterocycles. The first kappa shape index (κ1) is 15.5. The lowest BCUT2D eigenvalue weighted by molar-refractivity contribution is -0.133. The van der Waals surface area contributed by atoms with Crippen molar-refractivity contribution < 1.29 is 4.79 Å². The molecule has 1 aliphatic rings. The molecule has 3 nitrogen and oxygen atoms in total. The summed E-state index contributed by atoms with van der Waals surface area (Å²) in [6, 6.07) is 0.379. The highest BCUT2D eigenvalue weighted by molar-refractivity contribution is 5.76. The molecule has 1 fully saturated rings. The summed E-state index contributed by atoms with van der Waals surface area (Å²) in [6.07, 6.45) is 9.25. The molecular formula is C15H30N2O. The Morgan fingerprint density at radius 2 is 1.89 bits per heavy atom. The molecule has 1 aliphatic carbocycles. The number of nitrogens with two attached hydrogens (primary N) is 1. The zero-order valence-electron chi connectivity index (χ0n) is 12.2. The van der Waals surface area contributed by atoms with E-state index >= 15 is 0 Å². The van der Waals surface area contributed by atoms with Crippen LogP contribution >= 0.6 is 0 Å². The first-order valence-corrected chi connectivity index (χ1v) is 7.72. The van der Waals surface area contributed by atoms with Crippen molar-refractivity contribution in [2.24, 2.45) is 11.7 Å². The Kier molecular flexibility index (Phi) is 7.33. The minimum absolute atomic E-state index is 0.320. The predicted octanol–water partition coefficient (Wildman–Crippen LogP) is 2.93. The Balaban J connectivity index is 2.42. The van der Waals surface area contributed by atoms with Crippen molar-refractivity contribution in [3.8, 4) is 0 Å². The fourth-order valence-electron chi connectivity index (χ4n) is 3.15. The fourth-order valence-corrected chi connectivity index (χ4v) is 3.15. The van der Waals surface area contributed by atoms with E-state index in [0.29, 0.717) is 18.5 Å². The molecule has 1 saturated carbocycles. The van der Waals surface area contributed by atoms with Crippen molar-refractivity contribution in [3.05, 3.63) is 0 Å². The number of nitrogens with zero attached hydrogens (tertiary/aromatic N) is 1. The van der Waals surface area contributed by atoms with Crippen LogP contribution in [-0.4, -0.2) is 29.9 Å². The van der Waals surface area contributed by atoms with E-state index in [0.717, 1.165) is 38.1 Å². The number of carbonyl (C=O) groups is 1. The second-order valence-corrected chi connectivity index (χ2v) is 5.54. The van der Waals surface area contributed by atoms with Gasteiger partial charge in [0.05, 0.1) is 0 Å². The van der Waals surface area contributed by atoms with Gasteiger partial charge in [-0.2, -0.15) is 0 Å². The molecule has 106 valence electrons. The van der Waals surface area contributed by atoms with E-state index in [1.165, 1.54) is 25.7 Å². The van der Waals surface area contributed by atoms with E-state index in [-0.39, 0.29) is 0 Å². The monoisotopic (exact) mass is 254 g/mol. The second-order valence-electron chi connectivity index (χ2n) is 5.54. The molecule has 0 bridgehead atoms. The van der Waals surface area contributed by atoms with Crippen LogP contribution in [-0.2, 0) is 4.79 Å². The number of rotatable bonds is 8. The molecule has 18 heavy (non-hydrogen) atoms. The Morgan fingerprint density at radius 3 is 2.39 bits per heavy atom. The second kappa shape index (κ2) is 8.52. The quantitative estimate of drug-likeness (QED) is 0.724. The summed E-state index contributed by atoms with van der Waals surface area (Å²) < 4.78 is 0. The van der Waals surface area contributed by atoms with Crippen molar-refractivity contribution in [2.45, 2.75) is 71.3 Å². The van der Waals surface area contributed by atoms with Crippen molar-refractivity contribution in [1.82, 2.24) is 4.90 Å². The highest BCUT2D eigenvalue weighted by Gasteiger charge is 2.22. The highest BCUT2D eigenvalue weighted by Crippen LogP contribution is 2.28. The molecule has 2 N–H and O–H groups in total. The zero-order valence-corrected chi connectivity index (χ0v) is 12.2. The van der Waals surface area contributed by atoms with Crippen molar-refractivity contribution in [3.63, 3.8) is 0 Å². The van der Waals surface area contributed by atoms with Gasteiger partial charge in [0.1, 0.15) is 0 Å². The maximum Gasteiger partial charge on any atom is 0.222 e. The number of hydrogen-bond acceptors (Lipinski definition) is 2. The van der Waals surface area contributed by atoms with Crippen LogP contribution in [0.3, 0.4) is 0 Å². The average molecular weight is 254 g/mol. The fraction of sp³-hybridized carbons (Fsp3) is 0.933. The lowest BCUT2D eigenvalue weighted by Gasteiger charge is -2.30. The van der Waals surface area contributed by atoms with Crippen LogP contribution < -0.4 is 5.73 Å². The lowest BCUT2D eigenvalue weighted by atomic mass is 10.0. The zero-order chi connectivity index (χ0) is 13.4. The summed E-state index contributed by atoms with van der Waals surface area (Å²) in [5.74, 6) is 1.12. The smallest absolute Gasteiger partial charge is 0.222 e. The molecule has 0 radical (unpaired) electrons. The van der Waals surface area contributed by atoms with Gasteiger partial charge in [0, 0.05) is 25.6 Å². The number of carbonyl (C=O) groups excluding carboxylic acids is 1. The van der Waals surface area contributed by atoms with Crippen LogP contribution in [0.25, 0.3) is 0 Å². The Bertz CT molecular complexity index is 233. The van der Waals surface area contributed by atoms with E-state index in [2.05, 4.69) is 13.8 Å². The lowest BCUT2D eigenvalue weighted by Crippen LogP contribution is -2.42. The van der Waals surface area contributed by atoms with Gasteiger partial charge in [-0.15, -0.1) is 0 Å². The van der Waals surface area contributed by atoms with Crippen LogP contribution in [0.1, 0.15) is 65.2 Å². The standard InChI is InChI=1S/C15H30N2O/c1-3-14(4-2)17(12-11-16)15(18)10-9-13-7-5-6-8-13/h13-14H,3-12,16H2,1-2H3. The van der Waals surface area contributed by atoms with Gasteiger partial charge in [-0.25, -0.2) is 0 Å². The van der Waals surface area contributed by atoms with Gasteiger partial charge in [0.15, 0.2) is 0 Å². The predicted molar refractivity (Wildman–Crippen MR) is 76.3 cm³/mol. The SMILES string of the molecule is CCC(CC)N(CCN)C(=O)CCC1CCCC1. The van der Waals surface area contributed by atoms with Crippen molar-refractivity contribution in [2.75, 3.05) is 13.1 Å². The Hall–Kier alpha value is -0.570. The Morgan fingerprint density at radius 1 is 1.28 bits per heavy atom. The summed E-state index contributed by atoms with van der Waals surface area (Å²) >= 11 is 0. The third-order valence-electron chi connectivity index (χ3n) is 4.31. The van der Waals surface area contributed by atoms with E-state index in [1.807, 2.05) is 4.90 Å². The van der Waals surface area contributed by atoms with Crippen LogP contribution in [0, 0.1) is 5.92 Å². The maximum absolute atomic E-state index is 12.3. The molecule has 0 heterocycles. The minimum atomic E-state index is 0.320. The Labute approximate surface area is 112 Å². The molecule has 1 amide bonds. The molecule has 0 atom stereocenters. The largest absolute Gasteiger partial charge is 0.338 e. The van der Waals surface area contributed by atoms with E-state index in [4.69, 9.17) is 5.73 Å². The summed E-state index contributed by atoms with van der Waals surface area (Å²) in [4.78, 5) is 14.3. The van der Waals surface area contributed by atoms with Gasteiger partial charge in [-0.05, 0) is 25.2 Å². The van der Waals surface area contributed by atoms with Crippen LogP contribution in [0.4, 0.5) is 0 Å². The molecule has 3 heteroatoms. The maximum atomic E-state index is 12.3. The normalized spacial score (nSPS) is 16.4. The first-order valence-electron chi connectivity index (χ1n) is 7.72. The third kappa shape index (κ3) is 4.60. The molecule has 0 unspecified atom stereocenters. The summed E-state index contributed by atoms with van der Waals surface area (Å²) in [7, 11) is 0. The molecule has 0 saturated heterocycles. The van der Waals surface area contributed by atoms with Crippen molar-refractivity contribution >= 4 is 5.91 Å². The molecular weight excluding hydrogens is 224 g/mol. The summed E-state index contributed by atoms with van der Waals surface area (Å²) in [5, 5.41) is 0. The van der Waals surface area contributed by atoms with Crippen LogP contribution in [0.2, 0.25) is 0 Å². The minimum Gasteiger partial charge on any atom is -0.338 e. The number of amides is 1. The molecule has 0 aromatic rings. The number of hydrogen-bond donors (Lipinski definition) is 1. The summed E-state index contributed by atoms with van der Waals surface area (Å²) in [5.41, 5.74) is 5.64. The van der Waals surface area contributed by atoms with E-state index < -0.39 is 0 Å². The van der Waals surface area contributed by atoms with E-state index in [1.54, 1.807) is 0 Å². The van der Waals surface area contributed by atoms with Gasteiger partial charge < -0.3 is 10.6 Å². The highest BCUT2D eigenvalue weighted by atomic mass is 16.2. The van der Waals surface area contributed by atoms with Gasteiger partial charge in [0.2, 0.25) is 5.91 Å². The van der Waals surface area contributed by atoms with Crippen molar-refractivity contribution in [1.29, 1.82) is 0 Å². The summed E-state index contributed by atoms with van der Waals surface area (Å²) in [6.45, 7) is 5.60. The van der Waals surface area contributed by atoms with E-state index in [9.17, 15) is 4.79 Å². The van der Waals surface area contributed by atoms with Gasteiger partial charge in [-0.1, -0.05) is 39.5 Å². The van der Waals surface area contributed by atoms with Crippen LogP contribution in [0.15, 0.2) is 0 Å². The van der Waals surface area contributed by atoms with Gasteiger partial charge in [0.25, 0.3) is 0 Å². The average Bonchev–Trinajstić information content (AvgIpc) is 2.89. The third-order valence-corrected chi connectivity index (χ3v) is 4.31. The van der Waals surface area contributed by atoms with Crippen LogP contribution in [0.5, 0.6) is 0 Å². The molecule has 0 spiro atoms. The van der Waals surface area contributed by atoms with Gasteiger partial charge >= 0.3 is 0 Å². The molecule has 1 rings (SSSR count). The topological polar surface area (TPSA) is 46.3 Å². The first-order chi connectivity index (χ1) is 8.72. The van der Waals surface area contributed by atoms with Gasteiger partial charge in [-0.3, -0.25) is 4.79 Å². The molecule has 0 aromatic carbocycles. The molecule has 0 aliphatic heterocycles.